The number of nitrogens with one attached hydrogen (secondary N) is 3. The molecule has 3 rings (SSSR count). The third kappa shape index (κ3) is 6.10. The quantitative estimate of drug-likeness (QED) is 0.554. The highest BCUT2D eigenvalue weighted by Crippen LogP contribution is 2.31. The number of ether oxygens (including phenoxy) is 1. The van der Waals surface area contributed by atoms with E-state index in [0.29, 0.717) is 12.3 Å². The molecule has 152 valence electrons. The Bertz CT molecular complexity index is 902. The van der Waals surface area contributed by atoms with E-state index in [0.717, 1.165) is 41.1 Å². The van der Waals surface area contributed by atoms with E-state index in [1.165, 1.54) is 0 Å². The Morgan fingerprint density at radius 3 is 2.34 bits per heavy atom. The monoisotopic (exact) mass is 393 g/mol. The molecule has 0 unspecified atom stereocenters. The van der Waals surface area contributed by atoms with Crippen LogP contribution in [0, 0.1) is 12.8 Å². The minimum Gasteiger partial charge on any atom is -0.489 e. The van der Waals surface area contributed by atoms with Crippen molar-refractivity contribution in [2.75, 3.05) is 29.1 Å². The van der Waals surface area contributed by atoms with Crippen LogP contribution in [-0.2, 0) is 9.59 Å². The highest BCUT2D eigenvalue weighted by molar-refractivity contribution is 5.98. The molecule has 1 aliphatic carbocycles. The van der Waals surface area contributed by atoms with Gasteiger partial charge in [-0.1, -0.05) is 12.6 Å². The van der Waals surface area contributed by atoms with Gasteiger partial charge in [0.05, 0.1) is 6.54 Å². The number of amides is 2. The summed E-state index contributed by atoms with van der Waals surface area (Å²) in [6.45, 7) is 8.21. The molecule has 2 amide bonds. The van der Waals surface area contributed by atoms with E-state index < -0.39 is 0 Å². The van der Waals surface area contributed by atoms with Crippen LogP contribution in [0.5, 0.6) is 5.75 Å². The smallest absolute Gasteiger partial charge is 0.243 e. The maximum absolute atomic E-state index is 12.3. The van der Waals surface area contributed by atoms with Crippen molar-refractivity contribution in [1.82, 2.24) is 0 Å². The molecule has 0 heterocycles. The number of benzene rings is 2. The number of hydrogen-bond donors (Lipinski definition) is 3. The first-order valence-corrected chi connectivity index (χ1v) is 9.74. The lowest BCUT2D eigenvalue weighted by molar-refractivity contribution is -0.117. The fourth-order valence-corrected chi connectivity index (χ4v) is 2.74. The van der Waals surface area contributed by atoms with Crippen molar-refractivity contribution in [2.45, 2.75) is 26.7 Å². The van der Waals surface area contributed by atoms with Gasteiger partial charge >= 0.3 is 0 Å². The Hall–Kier alpha value is -3.28. The van der Waals surface area contributed by atoms with Gasteiger partial charge in [0, 0.05) is 23.0 Å². The van der Waals surface area contributed by atoms with Gasteiger partial charge in [-0.2, -0.15) is 0 Å². The maximum Gasteiger partial charge on any atom is 0.243 e. The van der Waals surface area contributed by atoms with Crippen molar-refractivity contribution in [1.29, 1.82) is 0 Å². The molecule has 29 heavy (non-hydrogen) atoms. The van der Waals surface area contributed by atoms with Crippen molar-refractivity contribution in [3.8, 4) is 5.75 Å². The summed E-state index contributed by atoms with van der Waals surface area (Å²) in [5.74, 6) is 0.772. The first-order valence-electron chi connectivity index (χ1n) is 9.74. The molecule has 0 saturated heterocycles. The number of carbonyl (C=O) groups is 2. The first kappa shape index (κ1) is 20.5. The SMILES string of the molecule is C=C(C)COc1ccc(NCC(=O)Nc2cccc(NC(=O)C3CC3)c2C)cc1. The molecule has 1 fully saturated rings. The highest BCUT2D eigenvalue weighted by Gasteiger charge is 2.29. The third-order valence-corrected chi connectivity index (χ3v) is 4.61. The van der Waals surface area contributed by atoms with Crippen molar-refractivity contribution in [2.24, 2.45) is 5.92 Å². The van der Waals surface area contributed by atoms with Gasteiger partial charge in [0.2, 0.25) is 11.8 Å². The second kappa shape index (κ2) is 9.28. The van der Waals surface area contributed by atoms with Crippen LogP contribution in [0.3, 0.4) is 0 Å². The molecule has 0 spiro atoms. The van der Waals surface area contributed by atoms with Crippen molar-refractivity contribution in [3.05, 3.63) is 60.2 Å². The van der Waals surface area contributed by atoms with Crippen LogP contribution >= 0.6 is 0 Å². The van der Waals surface area contributed by atoms with Crippen LogP contribution in [0.25, 0.3) is 0 Å². The summed E-state index contributed by atoms with van der Waals surface area (Å²) in [4.78, 5) is 24.3. The van der Waals surface area contributed by atoms with Crippen molar-refractivity contribution < 1.29 is 14.3 Å². The van der Waals surface area contributed by atoms with E-state index in [4.69, 9.17) is 4.74 Å². The minimum absolute atomic E-state index is 0.0499. The van der Waals surface area contributed by atoms with Gasteiger partial charge in [0.15, 0.2) is 0 Å². The predicted octanol–water partition coefficient (Wildman–Crippen LogP) is 4.35. The van der Waals surface area contributed by atoms with E-state index in [2.05, 4.69) is 22.5 Å². The Labute approximate surface area is 171 Å². The molecule has 6 nitrogen and oxygen atoms in total. The second-order valence-corrected chi connectivity index (χ2v) is 7.41. The maximum atomic E-state index is 12.3. The van der Waals surface area contributed by atoms with Gasteiger partial charge in [0.1, 0.15) is 12.4 Å². The lowest BCUT2D eigenvalue weighted by atomic mass is 10.1. The largest absolute Gasteiger partial charge is 0.489 e. The van der Waals surface area contributed by atoms with Crippen LogP contribution in [-0.4, -0.2) is 25.0 Å². The van der Waals surface area contributed by atoms with Gasteiger partial charge in [-0.05, 0) is 74.2 Å². The predicted molar refractivity (Wildman–Crippen MR) is 116 cm³/mol. The molecule has 2 aromatic carbocycles. The molecular weight excluding hydrogens is 366 g/mol. The van der Waals surface area contributed by atoms with Gasteiger partial charge in [-0.15, -0.1) is 0 Å². The Balaban J connectivity index is 1.51. The molecule has 0 radical (unpaired) electrons. The normalized spacial score (nSPS) is 12.8. The van der Waals surface area contributed by atoms with E-state index in [1.807, 2.05) is 56.3 Å². The molecule has 2 aromatic rings. The Morgan fingerprint density at radius 2 is 1.72 bits per heavy atom. The summed E-state index contributed by atoms with van der Waals surface area (Å²) in [7, 11) is 0. The second-order valence-electron chi connectivity index (χ2n) is 7.41. The fraction of sp³-hybridized carbons (Fsp3) is 0.304. The van der Waals surface area contributed by atoms with Crippen LogP contribution < -0.4 is 20.7 Å². The summed E-state index contributed by atoms with van der Waals surface area (Å²) in [5, 5.41) is 8.93. The molecule has 0 bridgehead atoms. The van der Waals surface area contributed by atoms with Crippen molar-refractivity contribution in [3.63, 3.8) is 0 Å². The van der Waals surface area contributed by atoms with Gasteiger partial charge in [-0.25, -0.2) is 0 Å². The zero-order valence-electron chi connectivity index (χ0n) is 16.9. The zero-order chi connectivity index (χ0) is 20.8. The Kier molecular flexibility index (Phi) is 6.54. The summed E-state index contributed by atoms with van der Waals surface area (Å²) < 4.78 is 5.56. The van der Waals surface area contributed by atoms with Gasteiger partial charge < -0.3 is 20.7 Å². The van der Waals surface area contributed by atoms with Gasteiger partial charge in [-0.3, -0.25) is 9.59 Å². The van der Waals surface area contributed by atoms with E-state index in [1.54, 1.807) is 0 Å². The summed E-state index contributed by atoms with van der Waals surface area (Å²) in [5.41, 5.74) is 4.04. The molecule has 0 atom stereocenters. The average Bonchev–Trinajstić information content (AvgIpc) is 3.54. The van der Waals surface area contributed by atoms with Crippen LogP contribution in [0.2, 0.25) is 0 Å². The van der Waals surface area contributed by atoms with Crippen LogP contribution in [0.1, 0.15) is 25.3 Å². The van der Waals surface area contributed by atoms with Gasteiger partial charge in [0.25, 0.3) is 0 Å². The minimum atomic E-state index is -0.165. The highest BCUT2D eigenvalue weighted by atomic mass is 16.5. The van der Waals surface area contributed by atoms with E-state index in [-0.39, 0.29) is 24.3 Å². The number of rotatable bonds is 9. The summed E-state index contributed by atoms with van der Waals surface area (Å²) in [6.07, 6.45) is 1.90. The van der Waals surface area contributed by atoms with Crippen LogP contribution in [0.15, 0.2) is 54.6 Å². The standard InChI is InChI=1S/C23H27N3O3/c1-15(2)14-29-19-11-9-18(10-12-19)24-13-22(27)25-20-5-4-6-21(16(20)3)26-23(28)17-7-8-17/h4-6,9-12,17,24H,1,7-8,13-14H2,2-3H3,(H,25,27)(H,26,28). The molecule has 1 saturated carbocycles. The summed E-state index contributed by atoms with van der Waals surface area (Å²) >= 11 is 0. The van der Waals surface area contributed by atoms with E-state index >= 15 is 0 Å². The number of carbonyl (C=O) groups excluding carboxylic acids is 2. The molecule has 3 N–H and O–H groups in total. The topological polar surface area (TPSA) is 79.5 Å². The third-order valence-electron chi connectivity index (χ3n) is 4.61. The van der Waals surface area contributed by atoms with Crippen LogP contribution in [0.4, 0.5) is 17.1 Å². The molecule has 0 aromatic heterocycles. The Morgan fingerprint density at radius 1 is 1.07 bits per heavy atom. The number of hydrogen-bond acceptors (Lipinski definition) is 4. The lowest BCUT2D eigenvalue weighted by Crippen LogP contribution is -2.22. The average molecular weight is 393 g/mol. The molecular formula is C23H27N3O3. The molecule has 0 aliphatic heterocycles. The lowest BCUT2D eigenvalue weighted by Gasteiger charge is -2.14. The molecule has 6 heteroatoms. The van der Waals surface area contributed by atoms with E-state index in [9.17, 15) is 9.59 Å². The fourth-order valence-electron chi connectivity index (χ4n) is 2.74. The van der Waals surface area contributed by atoms with Crippen molar-refractivity contribution >= 4 is 28.9 Å². The number of anilines is 3. The first-order chi connectivity index (χ1) is 13.9. The summed E-state index contributed by atoms with van der Waals surface area (Å²) in [6, 6.07) is 12.9. The zero-order valence-corrected chi connectivity index (χ0v) is 16.9. The molecule has 1 aliphatic rings.